The van der Waals surface area contributed by atoms with Gasteiger partial charge in [0.15, 0.2) is 9.84 Å². The molecule has 0 unspecified atom stereocenters. The van der Waals surface area contributed by atoms with Crippen LogP contribution in [-0.4, -0.2) is 25.6 Å². The van der Waals surface area contributed by atoms with E-state index in [1.807, 2.05) is 0 Å². The van der Waals surface area contributed by atoms with Crippen molar-refractivity contribution in [2.75, 3.05) is 6.26 Å². The highest BCUT2D eigenvalue weighted by Gasteiger charge is 2.22. The molecule has 0 heterocycles. The van der Waals surface area contributed by atoms with E-state index in [0.29, 0.717) is 5.56 Å². The van der Waals surface area contributed by atoms with Gasteiger partial charge in [-0.3, -0.25) is 10.1 Å². The largest absolute Gasteiger partial charge is 0.415 e. The predicted molar refractivity (Wildman–Crippen MR) is 87.4 cm³/mol. The number of hydrogen-bond donors (Lipinski definition) is 0. The molecule has 126 valence electrons. The highest BCUT2D eigenvalue weighted by atomic mass is 35.5. The number of nitro benzene ring substituents is 1. The van der Waals surface area contributed by atoms with Crippen LogP contribution in [0.5, 0.6) is 5.75 Å². The van der Waals surface area contributed by atoms with Crippen molar-refractivity contribution in [3.05, 3.63) is 62.7 Å². The first-order valence-electron chi connectivity index (χ1n) is 6.56. The van der Waals surface area contributed by atoms with Gasteiger partial charge in [0.05, 0.1) is 20.4 Å². The second-order valence-corrected chi connectivity index (χ2v) is 7.45. The van der Waals surface area contributed by atoms with Crippen molar-refractivity contribution >= 4 is 33.1 Å². The van der Waals surface area contributed by atoms with Gasteiger partial charge in [-0.05, 0) is 36.8 Å². The van der Waals surface area contributed by atoms with E-state index < -0.39 is 20.7 Å². The molecule has 0 spiro atoms. The summed E-state index contributed by atoms with van der Waals surface area (Å²) in [6.45, 7) is 1.68. The maximum atomic E-state index is 12.3. The molecule has 0 radical (unpaired) electrons. The van der Waals surface area contributed by atoms with Gasteiger partial charge >= 0.3 is 11.7 Å². The Morgan fingerprint density at radius 3 is 2.46 bits per heavy atom. The second kappa shape index (κ2) is 6.58. The van der Waals surface area contributed by atoms with Crippen LogP contribution in [0.25, 0.3) is 0 Å². The first kappa shape index (κ1) is 17.9. The number of hydrogen-bond acceptors (Lipinski definition) is 6. The topological polar surface area (TPSA) is 104 Å². The lowest BCUT2D eigenvalue weighted by atomic mass is 10.2. The molecule has 0 aliphatic heterocycles. The van der Waals surface area contributed by atoms with Crippen LogP contribution < -0.4 is 4.74 Å². The number of aryl methyl sites for hydroxylation is 1. The van der Waals surface area contributed by atoms with E-state index in [-0.39, 0.29) is 26.9 Å². The van der Waals surface area contributed by atoms with Gasteiger partial charge in [-0.15, -0.1) is 0 Å². The van der Waals surface area contributed by atoms with Crippen molar-refractivity contribution in [3.8, 4) is 5.75 Å². The van der Waals surface area contributed by atoms with Gasteiger partial charge in [0, 0.05) is 12.3 Å². The number of carbonyl (C=O) groups is 1. The molecule has 2 aromatic carbocycles. The number of carbonyl (C=O) groups excluding carboxylic acids is 1. The highest BCUT2D eigenvalue weighted by Crippen LogP contribution is 2.30. The average Bonchev–Trinajstić information content (AvgIpc) is 2.46. The minimum Gasteiger partial charge on any atom is -0.415 e. The Labute approximate surface area is 142 Å². The van der Waals surface area contributed by atoms with E-state index >= 15 is 0 Å². The minimum atomic E-state index is -3.55. The number of halogens is 1. The smallest absolute Gasteiger partial charge is 0.345 e. The Morgan fingerprint density at radius 2 is 1.88 bits per heavy atom. The Bertz CT molecular complexity index is 939. The zero-order valence-electron chi connectivity index (χ0n) is 12.6. The van der Waals surface area contributed by atoms with E-state index in [2.05, 4.69) is 0 Å². The molecule has 0 bridgehead atoms. The fraction of sp³-hybridized carbons (Fsp3) is 0.133. The van der Waals surface area contributed by atoms with E-state index in [1.54, 1.807) is 6.92 Å². The molecule has 7 nitrogen and oxygen atoms in total. The van der Waals surface area contributed by atoms with E-state index in [4.69, 9.17) is 16.3 Å². The third-order valence-electron chi connectivity index (χ3n) is 3.10. The number of nitrogens with zero attached hydrogens (tertiary/aromatic N) is 1. The van der Waals surface area contributed by atoms with Gasteiger partial charge in [0.1, 0.15) is 0 Å². The maximum Gasteiger partial charge on any atom is 0.345 e. The van der Waals surface area contributed by atoms with E-state index in [1.165, 1.54) is 30.3 Å². The van der Waals surface area contributed by atoms with Crippen molar-refractivity contribution in [1.29, 1.82) is 0 Å². The molecular formula is C15H12ClNO6S. The number of nitro groups is 1. The summed E-state index contributed by atoms with van der Waals surface area (Å²) >= 11 is 5.91. The molecule has 0 aromatic heterocycles. The third-order valence-corrected chi connectivity index (χ3v) is 4.54. The van der Waals surface area contributed by atoms with Crippen LogP contribution in [0.15, 0.2) is 41.3 Å². The summed E-state index contributed by atoms with van der Waals surface area (Å²) in [7, 11) is -3.55. The average molecular weight is 370 g/mol. The molecule has 0 saturated carbocycles. The summed E-state index contributed by atoms with van der Waals surface area (Å²) in [6, 6.07) is 7.63. The SMILES string of the molecule is Cc1ccc([N+](=O)[O-])c(OC(=O)c2cc(S(C)(=O)=O)ccc2Cl)c1. The van der Waals surface area contributed by atoms with Crippen LogP contribution >= 0.6 is 11.6 Å². The number of sulfone groups is 1. The summed E-state index contributed by atoms with van der Waals surface area (Å²) in [5.41, 5.74) is 0.0686. The lowest BCUT2D eigenvalue weighted by Crippen LogP contribution is -2.12. The molecule has 0 atom stereocenters. The summed E-state index contributed by atoms with van der Waals surface area (Å²) in [5.74, 6) is -1.23. The summed E-state index contributed by atoms with van der Waals surface area (Å²) < 4.78 is 28.2. The van der Waals surface area contributed by atoms with Crippen molar-refractivity contribution in [3.63, 3.8) is 0 Å². The maximum absolute atomic E-state index is 12.3. The Balaban J connectivity index is 2.45. The fourth-order valence-corrected chi connectivity index (χ4v) is 2.74. The molecule has 0 amide bonds. The lowest BCUT2D eigenvalue weighted by molar-refractivity contribution is -0.385. The van der Waals surface area contributed by atoms with Crippen molar-refractivity contribution in [2.45, 2.75) is 11.8 Å². The van der Waals surface area contributed by atoms with Crippen LogP contribution in [0.2, 0.25) is 5.02 Å². The van der Waals surface area contributed by atoms with Crippen molar-refractivity contribution in [2.24, 2.45) is 0 Å². The van der Waals surface area contributed by atoms with E-state index in [9.17, 15) is 23.3 Å². The zero-order chi connectivity index (χ0) is 18.1. The Kier molecular flexibility index (Phi) is 4.91. The van der Waals surface area contributed by atoms with Crippen molar-refractivity contribution < 1.29 is 22.9 Å². The quantitative estimate of drug-likeness (QED) is 0.355. The van der Waals surface area contributed by atoms with Crippen molar-refractivity contribution in [1.82, 2.24) is 0 Å². The molecule has 0 saturated heterocycles. The first-order valence-corrected chi connectivity index (χ1v) is 8.83. The van der Waals surface area contributed by atoms with Crippen LogP contribution in [0.1, 0.15) is 15.9 Å². The van der Waals surface area contributed by atoms with Gasteiger partial charge in [-0.1, -0.05) is 17.7 Å². The van der Waals surface area contributed by atoms with Crippen LogP contribution in [0.3, 0.4) is 0 Å². The monoisotopic (exact) mass is 369 g/mol. The number of rotatable bonds is 4. The molecule has 0 aliphatic rings. The molecule has 0 N–H and O–H groups in total. The molecule has 9 heteroatoms. The number of benzene rings is 2. The normalized spacial score (nSPS) is 11.1. The summed E-state index contributed by atoms with van der Waals surface area (Å²) in [4.78, 5) is 22.5. The fourth-order valence-electron chi connectivity index (χ4n) is 1.90. The second-order valence-electron chi connectivity index (χ2n) is 5.03. The standard InChI is InChI=1S/C15H12ClNO6S/c1-9-3-6-13(17(19)20)14(7-9)23-15(18)11-8-10(24(2,21)22)4-5-12(11)16/h3-8H,1-2H3. The molecule has 24 heavy (non-hydrogen) atoms. The molecule has 2 aromatic rings. The predicted octanol–water partition coefficient (Wildman–Crippen LogP) is 3.18. The molecule has 0 fully saturated rings. The van der Waals surface area contributed by atoms with Gasteiger partial charge < -0.3 is 4.74 Å². The summed E-state index contributed by atoms with van der Waals surface area (Å²) in [6.07, 6.45) is 0.983. The van der Waals surface area contributed by atoms with Gasteiger partial charge in [-0.2, -0.15) is 0 Å². The molecule has 2 rings (SSSR count). The third kappa shape index (κ3) is 3.90. The Morgan fingerprint density at radius 1 is 1.21 bits per heavy atom. The minimum absolute atomic E-state index is 0.0253. The molecule has 0 aliphatic carbocycles. The van der Waals surface area contributed by atoms with Gasteiger partial charge in [-0.25, -0.2) is 13.2 Å². The highest BCUT2D eigenvalue weighted by molar-refractivity contribution is 7.90. The molecular weight excluding hydrogens is 358 g/mol. The summed E-state index contributed by atoms with van der Waals surface area (Å²) in [5, 5.41) is 11.0. The van der Waals surface area contributed by atoms with Crippen LogP contribution in [0, 0.1) is 17.0 Å². The van der Waals surface area contributed by atoms with Crippen LogP contribution in [0.4, 0.5) is 5.69 Å². The number of esters is 1. The lowest BCUT2D eigenvalue weighted by Gasteiger charge is -2.08. The van der Waals surface area contributed by atoms with Gasteiger partial charge in [0.25, 0.3) is 0 Å². The number of ether oxygens (including phenoxy) is 1. The zero-order valence-corrected chi connectivity index (χ0v) is 14.2. The van der Waals surface area contributed by atoms with E-state index in [0.717, 1.165) is 12.3 Å². The Hall–Kier alpha value is -2.45. The first-order chi connectivity index (χ1) is 11.1. The van der Waals surface area contributed by atoms with Crippen LogP contribution in [-0.2, 0) is 9.84 Å². The van der Waals surface area contributed by atoms with Gasteiger partial charge in [0.2, 0.25) is 5.75 Å².